The van der Waals surface area contributed by atoms with E-state index in [9.17, 15) is 25.0 Å². The summed E-state index contributed by atoms with van der Waals surface area (Å²) in [5, 5.41) is 21.7. The second-order valence-electron chi connectivity index (χ2n) is 5.25. The number of hydrogen-bond donors (Lipinski definition) is 0. The molecule has 0 aliphatic heterocycles. The van der Waals surface area contributed by atoms with Crippen molar-refractivity contribution in [1.82, 2.24) is 4.90 Å². The number of hydrogen-bond acceptors (Lipinski definition) is 5. The van der Waals surface area contributed by atoms with Gasteiger partial charge in [-0.05, 0) is 18.6 Å². The fourth-order valence-electron chi connectivity index (χ4n) is 2.25. The van der Waals surface area contributed by atoms with Gasteiger partial charge in [0.1, 0.15) is 0 Å². The van der Waals surface area contributed by atoms with Crippen LogP contribution in [0.5, 0.6) is 0 Å². The monoisotopic (exact) mass is 329 g/mol. The number of rotatable bonds is 5. The topological polar surface area (TPSA) is 107 Å². The number of benzene rings is 2. The molecule has 0 N–H and O–H groups in total. The molecule has 8 nitrogen and oxygen atoms in total. The minimum Gasteiger partial charge on any atom is -0.335 e. The number of nitrogens with zero attached hydrogens (tertiary/aromatic N) is 3. The van der Waals surface area contributed by atoms with E-state index in [2.05, 4.69) is 0 Å². The van der Waals surface area contributed by atoms with Crippen LogP contribution in [0.1, 0.15) is 28.9 Å². The number of amides is 1. The summed E-state index contributed by atoms with van der Waals surface area (Å²) in [6.45, 7) is 1.73. The van der Waals surface area contributed by atoms with Crippen molar-refractivity contribution >= 4 is 17.3 Å². The van der Waals surface area contributed by atoms with Gasteiger partial charge in [-0.25, -0.2) is 0 Å². The maximum absolute atomic E-state index is 12.5. The Morgan fingerprint density at radius 1 is 1.00 bits per heavy atom. The maximum Gasteiger partial charge on any atom is 0.270 e. The summed E-state index contributed by atoms with van der Waals surface area (Å²) in [4.78, 5) is 34.5. The second-order valence-corrected chi connectivity index (χ2v) is 5.25. The molecule has 0 unspecified atom stereocenters. The first-order valence-corrected chi connectivity index (χ1v) is 7.07. The van der Waals surface area contributed by atoms with E-state index in [-0.39, 0.29) is 16.9 Å². The molecular weight excluding hydrogens is 314 g/mol. The van der Waals surface area contributed by atoms with Crippen molar-refractivity contribution in [2.45, 2.75) is 13.0 Å². The SMILES string of the molecule is C[C@@H](c1cccc([N+](=O)[O-])c1)N(C)C(=O)c1cccc([N+](=O)[O-])c1. The number of nitro groups is 2. The average molecular weight is 329 g/mol. The van der Waals surface area contributed by atoms with Crippen LogP contribution in [-0.4, -0.2) is 27.7 Å². The van der Waals surface area contributed by atoms with Crippen LogP contribution in [0.2, 0.25) is 0 Å². The van der Waals surface area contributed by atoms with Gasteiger partial charge in [-0.2, -0.15) is 0 Å². The Bertz CT molecular complexity index is 806. The molecule has 0 radical (unpaired) electrons. The Morgan fingerprint density at radius 2 is 1.54 bits per heavy atom. The first-order valence-electron chi connectivity index (χ1n) is 7.07. The highest BCUT2D eigenvalue weighted by Crippen LogP contribution is 2.25. The zero-order chi connectivity index (χ0) is 17.9. The highest BCUT2D eigenvalue weighted by Gasteiger charge is 2.21. The number of carbonyl (C=O) groups is 1. The molecule has 2 rings (SSSR count). The number of carbonyl (C=O) groups excluding carboxylic acids is 1. The fraction of sp³-hybridized carbons (Fsp3) is 0.188. The molecule has 0 fully saturated rings. The van der Waals surface area contributed by atoms with Gasteiger partial charge in [-0.1, -0.05) is 18.2 Å². The van der Waals surface area contributed by atoms with Crippen LogP contribution >= 0.6 is 0 Å². The van der Waals surface area contributed by atoms with Crippen molar-refractivity contribution in [1.29, 1.82) is 0 Å². The van der Waals surface area contributed by atoms with Crippen LogP contribution < -0.4 is 0 Å². The lowest BCUT2D eigenvalue weighted by molar-refractivity contribution is -0.385. The van der Waals surface area contributed by atoms with Crippen LogP contribution in [-0.2, 0) is 0 Å². The van der Waals surface area contributed by atoms with E-state index in [1.165, 1.54) is 41.3 Å². The summed E-state index contributed by atoms with van der Waals surface area (Å²) in [7, 11) is 1.55. The Balaban J connectivity index is 2.27. The second kappa shape index (κ2) is 6.86. The third kappa shape index (κ3) is 3.54. The van der Waals surface area contributed by atoms with Crippen LogP contribution in [0.15, 0.2) is 48.5 Å². The van der Waals surface area contributed by atoms with Crippen molar-refractivity contribution in [2.75, 3.05) is 7.05 Å². The van der Waals surface area contributed by atoms with Crippen molar-refractivity contribution in [3.05, 3.63) is 79.9 Å². The molecule has 0 aliphatic carbocycles. The van der Waals surface area contributed by atoms with Crippen molar-refractivity contribution in [3.63, 3.8) is 0 Å². The van der Waals surface area contributed by atoms with E-state index in [4.69, 9.17) is 0 Å². The quantitative estimate of drug-likeness (QED) is 0.617. The molecule has 1 atom stereocenters. The standard InChI is InChI=1S/C16H15N3O5/c1-11(12-5-3-7-14(9-12)18(21)22)17(2)16(20)13-6-4-8-15(10-13)19(23)24/h3-11H,1-2H3/t11-/m0/s1. The normalized spacial score (nSPS) is 11.6. The average Bonchev–Trinajstić information content (AvgIpc) is 2.59. The summed E-state index contributed by atoms with van der Waals surface area (Å²) in [6.07, 6.45) is 0. The molecule has 1 amide bonds. The van der Waals surface area contributed by atoms with Crippen LogP contribution in [0.4, 0.5) is 11.4 Å². The molecule has 0 heterocycles. The molecule has 2 aromatic rings. The Morgan fingerprint density at radius 3 is 2.12 bits per heavy atom. The van der Waals surface area contributed by atoms with Gasteiger partial charge in [-0.15, -0.1) is 0 Å². The lowest BCUT2D eigenvalue weighted by atomic mass is 10.1. The van der Waals surface area contributed by atoms with Crippen LogP contribution in [0, 0.1) is 20.2 Å². The summed E-state index contributed by atoms with van der Waals surface area (Å²) >= 11 is 0. The molecular formula is C16H15N3O5. The van der Waals surface area contributed by atoms with Gasteiger partial charge in [0.2, 0.25) is 0 Å². The Kier molecular flexibility index (Phi) is 4.88. The first-order chi connectivity index (χ1) is 11.3. The zero-order valence-electron chi connectivity index (χ0n) is 13.1. The molecule has 2 aromatic carbocycles. The van der Waals surface area contributed by atoms with E-state index in [0.717, 1.165) is 0 Å². The lowest BCUT2D eigenvalue weighted by Gasteiger charge is -2.25. The molecule has 0 saturated heterocycles. The Labute approximate surface area is 137 Å². The number of non-ortho nitro benzene ring substituents is 2. The zero-order valence-corrected chi connectivity index (χ0v) is 13.1. The van der Waals surface area contributed by atoms with Gasteiger partial charge < -0.3 is 4.90 Å². The highest BCUT2D eigenvalue weighted by atomic mass is 16.6. The third-order valence-electron chi connectivity index (χ3n) is 3.77. The van der Waals surface area contributed by atoms with E-state index in [0.29, 0.717) is 5.56 Å². The third-order valence-corrected chi connectivity index (χ3v) is 3.77. The van der Waals surface area contributed by atoms with Crippen LogP contribution in [0.3, 0.4) is 0 Å². The molecule has 0 bridgehead atoms. The summed E-state index contributed by atoms with van der Waals surface area (Å²) < 4.78 is 0. The lowest BCUT2D eigenvalue weighted by Crippen LogP contribution is -2.29. The van der Waals surface area contributed by atoms with Gasteiger partial charge >= 0.3 is 0 Å². The van der Waals surface area contributed by atoms with Crippen LogP contribution in [0.25, 0.3) is 0 Å². The molecule has 0 saturated carbocycles. The predicted molar refractivity (Wildman–Crippen MR) is 86.7 cm³/mol. The summed E-state index contributed by atoms with van der Waals surface area (Å²) in [5.41, 5.74) is 0.558. The molecule has 0 spiro atoms. The summed E-state index contributed by atoms with van der Waals surface area (Å²) in [5.74, 6) is -0.405. The van der Waals surface area contributed by atoms with E-state index < -0.39 is 21.8 Å². The van der Waals surface area contributed by atoms with E-state index in [1.807, 2.05) is 0 Å². The number of nitro benzene ring substituents is 2. The highest BCUT2D eigenvalue weighted by molar-refractivity contribution is 5.94. The fourth-order valence-corrected chi connectivity index (χ4v) is 2.25. The first kappa shape index (κ1) is 17.1. The van der Waals surface area contributed by atoms with Gasteiger partial charge in [-0.3, -0.25) is 25.0 Å². The van der Waals surface area contributed by atoms with Crippen molar-refractivity contribution in [3.8, 4) is 0 Å². The van der Waals surface area contributed by atoms with Gasteiger partial charge in [0, 0.05) is 36.9 Å². The predicted octanol–water partition coefficient (Wildman–Crippen LogP) is 3.34. The van der Waals surface area contributed by atoms with Gasteiger partial charge in [0.15, 0.2) is 0 Å². The van der Waals surface area contributed by atoms with E-state index >= 15 is 0 Å². The molecule has 0 aliphatic rings. The molecule has 8 heteroatoms. The Hall–Kier alpha value is -3.29. The smallest absolute Gasteiger partial charge is 0.270 e. The van der Waals surface area contributed by atoms with Crippen molar-refractivity contribution < 1.29 is 14.6 Å². The van der Waals surface area contributed by atoms with Gasteiger partial charge in [0.05, 0.1) is 15.9 Å². The largest absolute Gasteiger partial charge is 0.335 e. The molecule has 124 valence electrons. The summed E-state index contributed by atoms with van der Waals surface area (Å²) in [6, 6.07) is 11.0. The van der Waals surface area contributed by atoms with E-state index in [1.54, 1.807) is 26.1 Å². The minimum atomic E-state index is -0.569. The minimum absolute atomic E-state index is 0.0597. The molecule has 0 aromatic heterocycles. The molecule has 24 heavy (non-hydrogen) atoms. The van der Waals surface area contributed by atoms with Gasteiger partial charge in [0.25, 0.3) is 17.3 Å². The maximum atomic E-state index is 12.5. The van der Waals surface area contributed by atoms with Crippen molar-refractivity contribution in [2.24, 2.45) is 0 Å².